The van der Waals surface area contributed by atoms with Gasteiger partial charge >= 0.3 is 0 Å². The van der Waals surface area contributed by atoms with Crippen molar-refractivity contribution in [3.63, 3.8) is 0 Å². The summed E-state index contributed by atoms with van der Waals surface area (Å²) in [5, 5.41) is 10.1. The maximum Gasteiger partial charge on any atom is 0.0682 e. The number of hydrogen-bond acceptors (Lipinski definition) is 1. The summed E-state index contributed by atoms with van der Waals surface area (Å²) in [5.74, 6) is 0. The summed E-state index contributed by atoms with van der Waals surface area (Å²) < 4.78 is 0. The average molecular weight is 192 g/mol. The van der Waals surface area contributed by atoms with Gasteiger partial charge in [0.05, 0.1) is 5.60 Å². The van der Waals surface area contributed by atoms with Crippen molar-refractivity contribution in [2.45, 2.75) is 45.6 Å². The molecule has 1 rings (SSSR count). The highest BCUT2D eigenvalue weighted by atomic mass is 16.3. The molecule has 0 saturated heterocycles. The monoisotopic (exact) mass is 192 g/mol. The zero-order valence-electron chi connectivity index (χ0n) is 9.76. The molecule has 78 valence electrons. The molecular formula is C13H20O. The lowest BCUT2D eigenvalue weighted by atomic mass is 9.72. The second kappa shape index (κ2) is 3.39. The van der Waals surface area contributed by atoms with Crippen LogP contribution in [0.2, 0.25) is 0 Å². The van der Waals surface area contributed by atoms with Gasteiger partial charge in [0.1, 0.15) is 0 Å². The number of aliphatic hydroxyl groups is 1. The van der Waals surface area contributed by atoms with Crippen molar-refractivity contribution >= 4 is 0 Å². The summed E-state index contributed by atoms with van der Waals surface area (Å²) in [6.45, 7) is 9.91. The summed E-state index contributed by atoms with van der Waals surface area (Å²) in [4.78, 5) is 0. The molecule has 0 amide bonds. The van der Waals surface area contributed by atoms with E-state index in [0.29, 0.717) is 0 Å². The summed E-state index contributed by atoms with van der Waals surface area (Å²) in [6.07, 6.45) is 0. The Morgan fingerprint density at radius 2 is 1.36 bits per heavy atom. The lowest BCUT2D eigenvalue weighted by Crippen LogP contribution is -2.42. The van der Waals surface area contributed by atoms with Crippen LogP contribution in [0.3, 0.4) is 0 Å². The molecular weight excluding hydrogens is 172 g/mol. The van der Waals surface area contributed by atoms with Gasteiger partial charge in [0.2, 0.25) is 0 Å². The normalized spacial score (nSPS) is 13.0. The minimum Gasteiger partial charge on any atom is -0.390 e. The predicted molar refractivity (Wildman–Crippen MR) is 60.5 cm³/mol. The van der Waals surface area contributed by atoms with E-state index in [2.05, 4.69) is 45.0 Å². The van der Waals surface area contributed by atoms with Crippen LogP contribution in [0.4, 0.5) is 0 Å². The zero-order chi connectivity index (χ0) is 11.0. The Hall–Kier alpha value is -0.820. The second-order valence-corrected chi connectivity index (χ2v) is 5.05. The zero-order valence-corrected chi connectivity index (χ0v) is 9.76. The molecule has 1 N–H and O–H groups in total. The van der Waals surface area contributed by atoms with Crippen LogP contribution in [0.5, 0.6) is 0 Å². The van der Waals surface area contributed by atoms with Crippen molar-refractivity contribution < 1.29 is 5.11 Å². The van der Waals surface area contributed by atoms with Crippen molar-refractivity contribution in [2.24, 2.45) is 0 Å². The lowest BCUT2D eigenvalue weighted by molar-refractivity contribution is 0.00963. The first-order valence-corrected chi connectivity index (χ1v) is 5.04. The first-order chi connectivity index (χ1) is 6.25. The van der Waals surface area contributed by atoms with Gasteiger partial charge in [-0.05, 0) is 26.3 Å². The molecule has 0 unspecified atom stereocenters. The van der Waals surface area contributed by atoms with Crippen LogP contribution in [0.25, 0.3) is 0 Å². The van der Waals surface area contributed by atoms with Crippen LogP contribution in [-0.2, 0) is 5.41 Å². The fourth-order valence-electron chi connectivity index (χ4n) is 1.32. The Labute approximate surface area is 86.8 Å². The van der Waals surface area contributed by atoms with Crippen molar-refractivity contribution in [1.29, 1.82) is 0 Å². The number of rotatable bonds is 2. The van der Waals surface area contributed by atoms with E-state index in [1.807, 2.05) is 13.8 Å². The van der Waals surface area contributed by atoms with E-state index in [9.17, 15) is 5.11 Å². The molecule has 1 heteroatoms. The van der Waals surface area contributed by atoms with Crippen molar-refractivity contribution in [2.75, 3.05) is 0 Å². The van der Waals surface area contributed by atoms with Gasteiger partial charge in [-0.1, -0.05) is 43.7 Å². The Kier molecular flexibility index (Phi) is 2.73. The molecule has 0 aliphatic rings. The molecule has 0 aliphatic heterocycles. The van der Waals surface area contributed by atoms with E-state index >= 15 is 0 Å². The summed E-state index contributed by atoms with van der Waals surface area (Å²) in [7, 11) is 0. The van der Waals surface area contributed by atoms with Gasteiger partial charge < -0.3 is 5.11 Å². The third-order valence-corrected chi connectivity index (χ3v) is 3.30. The Bertz CT molecular complexity index is 301. The van der Waals surface area contributed by atoms with Gasteiger partial charge in [-0.2, -0.15) is 0 Å². The van der Waals surface area contributed by atoms with Crippen molar-refractivity contribution in [3.8, 4) is 0 Å². The summed E-state index contributed by atoms with van der Waals surface area (Å²) in [5.41, 5.74) is 1.50. The van der Waals surface area contributed by atoms with E-state index in [1.54, 1.807) is 0 Å². The Morgan fingerprint density at radius 3 is 1.71 bits per heavy atom. The fraction of sp³-hybridized carbons (Fsp3) is 0.538. The highest BCUT2D eigenvalue weighted by Gasteiger charge is 2.36. The minimum absolute atomic E-state index is 0.222. The van der Waals surface area contributed by atoms with E-state index in [4.69, 9.17) is 0 Å². The molecule has 0 heterocycles. The molecule has 0 radical (unpaired) electrons. The first kappa shape index (κ1) is 11.3. The van der Waals surface area contributed by atoms with Crippen molar-refractivity contribution in [1.82, 2.24) is 0 Å². The molecule has 1 aromatic rings. The molecule has 1 nitrogen and oxygen atoms in total. The maximum atomic E-state index is 10.1. The van der Waals surface area contributed by atoms with E-state index in [0.717, 1.165) is 0 Å². The van der Waals surface area contributed by atoms with Crippen molar-refractivity contribution in [3.05, 3.63) is 35.4 Å². The smallest absolute Gasteiger partial charge is 0.0682 e. The molecule has 0 fully saturated rings. The minimum atomic E-state index is -0.706. The van der Waals surface area contributed by atoms with Crippen LogP contribution in [0.1, 0.15) is 38.8 Å². The third-order valence-electron chi connectivity index (χ3n) is 3.30. The quantitative estimate of drug-likeness (QED) is 0.763. The van der Waals surface area contributed by atoms with Gasteiger partial charge in [-0.3, -0.25) is 0 Å². The highest BCUT2D eigenvalue weighted by Crippen LogP contribution is 2.34. The number of benzene rings is 1. The summed E-state index contributed by atoms with van der Waals surface area (Å²) in [6, 6.07) is 8.35. The molecule has 0 bridgehead atoms. The van der Waals surface area contributed by atoms with Crippen LogP contribution in [-0.4, -0.2) is 10.7 Å². The van der Waals surface area contributed by atoms with Gasteiger partial charge in [-0.25, -0.2) is 0 Å². The standard InChI is InChI=1S/C13H20O/c1-10-6-8-11(9-7-10)12(2,3)13(4,5)14/h6-9,14H,1-5H3. The summed E-state index contributed by atoms with van der Waals surface area (Å²) >= 11 is 0. The number of aryl methyl sites for hydroxylation is 1. The first-order valence-electron chi connectivity index (χ1n) is 5.04. The third kappa shape index (κ3) is 1.98. The Morgan fingerprint density at radius 1 is 0.929 bits per heavy atom. The second-order valence-electron chi connectivity index (χ2n) is 5.05. The topological polar surface area (TPSA) is 20.2 Å². The molecule has 0 saturated carbocycles. The number of hydrogen-bond donors (Lipinski definition) is 1. The molecule has 0 atom stereocenters. The average Bonchev–Trinajstić information content (AvgIpc) is 2.03. The lowest BCUT2D eigenvalue weighted by Gasteiger charge is -2.37. The predicted octanol–water partition coefficient (Wildman–Crippen LogP) is 3.04. The molecule has 1 aromatic carbocycles. The van der Waals surface area contributed by atoms with E-state index in [-0.39, 0.29) is 5.41 Å². The van der Waals surface area contributed by atoms with E-state index < -0.39 is 5.60 Å². The molecule has 0 spiro atoms. The molecule has 0 aliphatic carbocycles. The SMILES string of the molecule is Cc1ccc(C(C)(C)C(C)(C)O)cc1. The van der Waals surface area contributed by atoms with Gasteiger partial charge in [0, 0.05) is 5.41 Å². The van der Waals surface area contributed by atoms with Gasteiger partial charge in [0.15, 0.2) is 0 Å². The van der Waals surface area contributed by atoms with Gasteiger partial charge in [-0.15, -0.1) is 0 Å². The molecule has 14 heavy (non-hydrogen) atoms. The largest absolute Gasteiger partial charge is 0.390 e. The van der Waals surface area contributed by atoms with Crippen LogP contribution in [0.15, 0.2) is 24.3 Å². The highest BCUT2D eigenvalue weighted by molar-refractivity contribution is 5.29. The van der Waals surface area contributed by atoms with Gasteiger partial charge in [0.25, 0.3) is 0 Å². The van der Waals surface area contributed by atoms with Crippen LogP contribution in [0, 0.1) is 6.92 Å². The van der Waals surface area contributed by atoms with E-state index in [1.165, 1.54) is 11.1 Å². The maximum absolute atomic E-state index is 10.1. The molecule has 0 aromatic heterocycles. The van der Waals surface area contributed by atoms with Crippen LogP contribution < -0.4 is 0 Å². The Balaban J connectivity index is 3.10. The van der Waals surface area contributed by atoms with Crippen LogP contribution >= 0.6 is 0 Å². The fourth-order valence-corrected chi connectivity index (χ4v) is 1.32.